The lowest BCUT2D eigenvalue weighted by molar-refractivity contribution is 1.07. The van der Waals surface area contributed by atoms with Crippen molar-refractivity contribution in [2.75, 3.05) is 24.5 Å². The molecule has 392 valence electrons. The molecule has 0 aliphatic carbocycles. The molecule has 13 aromatic rings. The molecule has 15 rings (SSSR count). The summed E-state index contributed by atoms with van der Waals surface area (Å²) in [5.74, 6) is 1.80. The lowest BCUT2D eigenvalue weighted by Crippen LogP contribution is -2.25. The molecule has 2 aliphatic rings. The number of fused-ring (bicyclic) bond motifs is 4. The Balaban J connectivity index is 0.958. The number of pyridine rings is 1. The van der Waals surface area contributed by atoms with Crippen LogP contribution in [0.3, 0.4) is 0 Å². The highest BCUT2D eigenvalue weighted by Crippen LogP contribution is 2.58. The predicted molar refractivity (Wildman–Crippen MR) is 340 cm³/mol. The van der Waals surface area contributed by atoms with Crippen molar-refractivity contribution in [1.29, 1.82) is 0 Å². The van der Waals surface area contributed by atoms with E-state index in [1.807, 2.05) is 73.1 Å². The van der Waals surface area contributed by atoms with E-state index in [0.29, 0.717) is 17.5 Å². The average molecular weight is 1070 g/mol. The summed E-state index contributed by atoms with van der Waals surface area (Å²) in [6.45, 7) is 0. The van der Waals surface area contributed by atoms with E-state index in [1.165, 1.54) is 0 Å². The molecule has 0 fully saturated rings. The molecule has 0 spiro atoms. The summed E-state index contributed by atoms with van der Waals surface area (Å²) in [5.41, 5.74) is 20.3. The molecule has 0 bridgehead atoms. The van der Waals surface area contributed by atoms with Gasteiger partial charge in [-0.2, -0.15) is 0 Å². The highest BCUT2D eigenvalue weighted by Gasteiger charge is 2.34. The first-order valence-electron chi connectivity index (χ1n) is 27.8. The molecule has 11 aromatic carbocycles. The normalized spacial score (nSPS) is 12.2. The summed E-state index contributed by atoms with van der Waals surface area (Å²) < 4.78 is 0. The number of benzene rings is 11. The Labute approximate surface area is 482 Å². The molecule has 2 aliphatic heterocycles. The highest BCUT2D eigenvalue weighted by molar-refractivity contribution is 6.05. The highest BCUT2D eigenvalue weighted by atomic mass is 15.3. The zero-order valence-corrected chi connectivity index (χ0v) is 45.0. The van der Waals surface area contributed by atoms with Gasteiger partial charge in [0.05, 0.1) is 62.6 Å². The molecule has 0 N–H and O–H groups in total. The van der Waals surface area contributed by atoms with Crippen molar-refractivity contribution in [3.63, 3.8) is 0 Å². The van der Waals surface area contributed by atoms with Crippen molar-refractivity contribution >= 4 is 85.3 Å². The molecule has 0 saturated heterocycles. The molecule has 0 saturated carbocycles. The number of para-hydroxylation sites is 10. The fourth-order valence-corrected chi connectivity index (χ4v) is 11.6. The van der Waals surface area contributed by atoms with E-state index < -0.39 is 0 Å². The van der Waals surface area contributed by atoms with Crippen LogP contribution in [0.25, 0.3) is 45.3 Å². The Morgan fingerprint density at radius 2 is 0.494 bits per heavy atom. The van der Waals surface area contributed by atoms with E-state index in [2.05, 4.69) is 266 Å². The fraction of sp³-hybridized carbons (Fsp3) is 0. The van der Waals surface area contributed by atoms with Crippen LogP contribution in [-0.4, -0.2) is 19.9 Å². The monoisotopic (exact) mass is 1070 g/mol. The van der Waals surface area contributed by atoms with Gasteiger partial charge in [0.1, 0.15) is 0 Å². The van der Waals surface area contributed by atoms with Gasteiger partial charge in [0.15, 0.2) is 17.5 Å². The number of anilines is 15. The maximum atomic E-state index is 5.12. The van der Waals surface area contributed by atoms with Gasteiger partial charge in [0.2, 0.25) is 0 Å². The van der Waals surface area contributed by atoms with Gasteiger partial charge in [0, 0.05) is 51.8 Å². The fourth-order valence-electron chi connectivity index (χ4n) is 11.6. The molecule has 0 amide bonds. The second kappa shape index (κ2) is 21.0. The SMILES string of the molecule is c1ccc(-c2nc(-c3ccccc3)nc(-c3ccc(N(c4ccc(-c5ccncc5)cc4)c4cc(N5c6ccccc6N(c6ccccc6)c6ccccc65)cc(N5c6ccccc6N(c6ccccc6)c6ccccc65)c4)cc3)n2)cc1. The van der Waals surface area contributed by atoms with E-state index in [-0.39, 0.29) is 0 Å². The minimum absolute atomic E-state index is 0.584. The van der Waals surface area contributed by atoms with Gasteiger partial charge in [0.25, 0.3) is 0 Å². The van der Waals surface area contributed by atoms with Gasteiger partial charge >= 0.3 is 0 Å². The first kappa shape index (κ1) is 48.7. The van der Waals surface area contributed by atoms with E-state index in [9.17, 15) is 0 Å². The third-order valence-corrected chi connectivity index (χ3v) is 15.4. The molecule has 83 heavy (non-hydrogen) atoms. The molecule has 9 nitrogen and oxygen atoms in total. The van der Waals surface area contributed by atoms with E-state index in [0.717, 1.165) is 113 Å². The summed E-state index contributed by atoms with van der Waals surface area (Å²) in [4.78, 5) is 31.5. The third-order valence-electron chi connectivity index (χ3n) is 15.4. The molecular formula is C74H51N9. The van der Waals surface area contributed by atoms with E-state index >= 15 is 0 Å². The summed E-state index contributed by atoms with van der Waals surface area (Å²) in [6, 6.07) is 105. The second-order valence-corrected chi connectivity index (χ2v) is 20.4. The van der Waals surface area contributed by atoms with Crippen LogP contribution in [-0.2, 0) is 0 Å². The maximum Gasteiger partial charge on any atom is 0.164 e. The average Bonchev–Trinajstić information content (AvgIpc) is 3.74. The molecule has 2 aromatic heterocycles. The summed E-state index contributed by atoms with van der Waals surface area (Å²) in [6.07, 6.45) is 3.68. The van der Waals surface area contributed by atoms with Gasteiger partial charge in [-0.3, -0.25) is 4.98 Å². The first-order valence-corrected chi connectivity index (χ1v) is 27.8. The van der Waals surface area contributed by atoms with E-state index in [1.54, 1.807) is 0 Å². The molecule has 4 heterocycles. The van der Waals surface area contributed by atoms with Crippen molar-refractivity contribution in [2.24, 2.45) is 0 Å². The Bertz CT molecular complexity index is 4140. The predicted octanol–water partition coefficient (Wildman–Crippen LogP) is 19.9. The minimum atomic E-state index is 0.584. The van der Waals surface area contributed by atoms with Gasteiger partial charge in [-0.1, -0.05) is 158 Å². The Hall–Kier alpha value is -11.4. The Kier molecular flexibility index (Phi) is 12.3. The van der Waals surface area contributed by atoms with Crippen molar-refractivity contribution in [2.45, 2.75) is 0 Å². The van der Waals surface area contributed by atoms with Gasteiger partial charge < -0.3 is 24.5 Å². The number of rotatable bonds is 11. The number of nitrogens with zero attached hydrogens (tertiary/aromatic N) is 9. The lowest BCUT2D eigenvalue weighted by Gasteiger charge is -2.42. The van der Waals surface area contributed by atoms with Gasteiger partial charge in [-0.05, 0) is 151 Å². The Morgan fingerprint density at radius 3 is 0.843 bits per heavy atom. The second-order valence-electron chi connectivity index (χ2n) is 20.4. The van der Waals surface area contributed by atoms with Crippen LogP contribution in [0.4, 0.5) is 85.3 Å². The zero-order chi connectivity index (χ0) is 55.1. The molecule has 0 radical (unpaired) electrons. The van der Waals surface area contributed by atoms with Crippen LogP contribution in [0.2, 0.25) is 0 Å². The number of hydrogen-bond donors (Lipinski definition) is 0. The van der Waals surface area contributed by atoms with Crippen molar-refractivity contribution in [1.82, 2.24) is 19.9 Å². The molecular weight excluding hydrogens is 1010 g/mol. The first-order chi connectivity index (χ1) is 41.2. The van der Waals surface area contributed by atoms with Crippen LogP contribution in [0.5, 0.6) is 0 Å². The van der Waals surface area contributed by atoms with Gasteiger partial charge in [-0.25, -0.2) is 15.0 Å². The van der Waals surface area contributed by atoms with Crippen LogP contribution in [0.1, 0.15) is 0 Å². The topological polar surface area (TPSA) is 67.8 Å². The van der Waals surface area contributed by atoms with Crippen LogP contribution in [0, 0.1) is 0 Å². The van der Waals surface area contributed by atoms with Crippen LogP contribution >= 0.6 is 0 Å². The van der Waals surface area contributed by atoms with Gasteiger partial charge in [-0.15, -0.1) is 0 Å². The lowest BCUT2D eigenvalue weighted by atomic mass is 10.0. The van der Waals surface area contributed by atoms with Crippen molar-refractivity contribution in [3.05, 3.63) is 310 Å². The van der Waals surface area contributed by atoms with Crippen LogP contribution < -0.4 is 24.5 Å². The van der Waals surface area contributed by atoms with E-state index in [4.69, 9.17) is 15.0 Å². The minimum Gasteiger partial charge on any atom is -0.310 e. The largest absolute Gasteiger partial charge is 0.310 e. The standard InChI is InChI=1S/C74H51N9/c1-5-21-54(22-6-1)72-76-73(55-23-7-2-8-24-55)78-74(77-72)56-39-43-60(44-40-56)79(59-41-37-52(38-42-59)53-45-47-75-48-46-53)61-49-62(82-68-33-17-13-29-64(68)80(57-25-9-3-10-26-57)65-30-14-18-34-69(65)82)51-63(50-61)83-70-35-19-15-31-66(70)81(58-27-11-4-12-28-58)67-32-16-20-36-71(67)83/h1-51H. The third kappa shape index (κ3) is 8.95. The smallest absolute Gasteiger partial charge is 0.164 e. The quantitative estimate of drug-likeness (QED) is 0.126. The molecule has 9 heteroatoms. The van der Waals surface area contributed by atoms with Crippen molar-refractivity contribution in [3.8, 4) is 45.3 Å². The Morgan fingerprint density at radius 1 is 0.217 bits per heavy atom. The number of aromatic nitrogens is 4. The summed E-state index contributed by atoms with van der Waals surface area (Å²) >= 11 is 0. The summed E-state index contributed by atoms with van der Waals surface area (Å²) in [5, 5.41) is 0. The number of hydrogen-bond acceptors (Lipinski definition) is 9. The van der Waals surface area contributed by atoms with Crippen molar-refractivity contribution < 1.29 is 0 Å². The molecule has 0 atom stereocenters. The molecule has 0 unspecified atom stereocenters. The maximum absolute atomic E-state index is 5.12. The zero-order valence-electron chi connectivity index (χ0n) is 45.0. The summed E-state index contributed by atoms with van der Waals surface area (Å²) in [7, 11) is 0. The van der Waals surface area contributed by atoms with Crippen LogP contribution in [0.15, 0.2) is 310 Å².